The molecule has 0 aromatic heterocycles. The van der Waals surface area contributed by atoms with Crippen LogP contribution in [-0.4, -0.2) is 27.0 Å². The van der Waals surface area contributed by atoms with Crippen molar-refractivity contribution >= 4 is 27.3 Å². The number of benzene rings is 3. The molecule has 0 bridgehead atoms. The molecule has 6 nitrogen and oxygen atoms in total. The van der Waals surface area contributed by atoms with Crippen molar-refractivity contribution in [2.45, 2.75) is 24.3 Å². The van der Waals surface area contributed by atoms with E-state index in [1.807, 2.05) is 24.3 Å². The molecule has 1 aliphatic rings. The number of nitrogens with zero attached hydrogens (tertiary/aromatic N) is 1. The van der Waals surface area contributed by atoms with Gasteiger partial charge in [-0.1, -0.05) is 49.4 Å². The van der Waals surface area contributed by atoms with Gasteiger partial charge in [-0.3, -0.25) is 9.10 Å². The van der Waals surface area contributed by atoms with E-state index in [2.05, 4.69) is 12.2 Å². The summed E-state index contributed by atoms with van der Waals surface area (Å²) in [6.45, 7) is 1.94. The molecule has 1 atom stereocenters. The molecule has 0 saturated heterocycles. The van der Waals surface area contributed by atoms with Gasteiger partial charge in [-0.05, 0) is 48.4 Å². The Balaban J connectivity index is 1.63. The van der Waals surface area contributed by atoms with E-state index in [0.717, 1.165) is 12.0 Å². The number of carbonyl (C=O) groups is 1. The topological polar surface area (TPSA) is 75.7 Å². The predicted molar refractivity (Wildman–Crippen MR) is 116 cm³/mol. The first kappa shape index (κ1) is 20.0. The molecule has 30 heavy (non-hydrogen) atoms. The van der Waals surface area contributed by atoms with Crippen molar-refractivity contribution in [2.24, 2.45) is 0 Å². The van der Waals surface area contributed by atoms with Gasteiger partial charge in [-0.25, -0.2) is 8.42 Å². The molecule has 0 fully saturated rings. The van der Waals surface area contributed by atoms with Crippen molar-refractivity contribution in [1.29, 1.82) is 0 Å². The molecule has 1 heterocycles. The molecule has 1 N–H and O–H groups in total. The third-order valence-electron chi connectivity index (χ3n) is 4.99. The average molecular weight is 423 g/mol. The maximum atomic E-state index is 13.3. The van der Waals surface area contributed by atoms with Gasteiger partial charge in [0, 0.05) is 5.69 Å². The van der Waals surface area contributed by atoms with Crippen LogP contribution >= 0.6 is 0 Å². The summed E-state index contributed by atoms with van der Waals surface area (Å²) < 4.78 is 33.7. The van der Waals surface area contributed by atoms with E-state index in [-0.39, 0.29) is 11.4 Å². The number of rotatable bonds is 5. The lowest BCUT2D eigenvalue weighted by Crippen LogP contribution is -2.48. The molecular weight excluding hydrogens is 400 g/mol. The maximum absolute atomic E-state index is 13.3. The Morgan fingerprint density at radius 1 is 1.00 bits per heavy atom. The average Bonchev–Trinajstić information content (AvgIpc) is 2.79. The number of nitrogens with one attached hydrogen (secondary N) is 1. The van der Waals surface area contributed by atoms with Crippen LogP contribution in [0.2, 0.25) is 0 Å². The number of sulfonamides is 1. The van der Waals surface area contributed by atoms with Crippen LogP contribution in [-0.2, 0) is 21.2 Å². The van der Waals surface area contributed by atoms with Crippen molar-refractivity contribution in [3.63, 3.8) is 0 Å². The third-order valence-corrected chi connectivity index (χ3v) is 6.78. The molecule has 0 radical (unpaired) electrons. The normalized spacial score (nSPS) is 15.8. The van der Waals surface area contributed by atoms with Crippen LogP contribution in [0.1, 0.15) is 12.5 Å². The minimum Gasteiger partial charge on any atom is -0.476 e. The monoisotopic (exact) mass is 422 g/mol. The van der Waals surface area contributed by atoms with E-state index in [1.54, 1.807) is 42.5 Å². The molecule has 1 aliphatic heterocycles. The fourth-order valence-corrected chi connectivity index (χ4v) is 4.83. The smallest absolute Gasteiger partial charge is 0.267 e. The molecule has 0 spiro atoms. The van der Waals surface area contributed by atoms with Gasteiger partial charge >= 0.3 is 0 Å². The number of ether oxygens (including phenoxy) is 1. The number of aryl methyl sites for hydroxylation is 1. The lowest BCUT2D eigenvalue weighted by atomic mass is 10.1. The van der Waals surface area contributed by atoms with E-state index >= 15 is 0 Å². The predicted octanol–water partition coefficient (Wildman–Crippen LogP) is 3.84. The number of hydrogen-bond acceptors (Lipinski definition) is 4. The summed E-state index contributed by atoms with van der Waals surface area (Å²) in [5.74, 6) is -0.0493. The summed E-state index contributed by atoms with van der Waals surface area (Å²) in [4.78, 5) is 13.0. The SMILES string of the molecule is CCc1ccc(NC(=O)C2CN(S(=O)(=O)c3ccccc3)c3ccccc3O2)cc1. The molecule has 1 amide bonds. The van der Waals surface area contributed by atoms with Crippen LogP contribution in [0.3, 0.4) is 0 Å². The molecule has 3 aromatic carbocycles. The van der Waals surface area contributed by atoms with Crippen molar-refractivity contribution < 1.29 is 17.9 Å². The Morgan fingerprint density at radius 2 is 1.67 bits per heavy atom. The second kappa shape index (κ2) is 8.20. The third kappa shape index (κ3) is 3.89. The molecule has 4 rings (SSSR count). The minimum absolute atomic E-state index is 0.118. The molecule has 7 heteroatoms. The van der Waals surface area contributed by atoms with E-state index in [9.17, 15) is 13.2 Å². The first-order chi connectivity index (χ1) is 14.5. The summed E-state index contributed by atoms with van der Waals surface area (Å²) in [7, 11) is -3.85. The molecule has 0 aliphatic carbocycles. The van der Waals surface area contributed by atoms with Crippen LogP contribution < -0.4 is 14.4 Å². The summed E-state index contributed by atoms with van der Waals surface area (Å²) in [5.41, 5.74) is 2.21. The highest BCUT2D eigenvalue weighted by Crippen LogP contribution is 2.36. The first-order valence-corrected chi connectivity index (χ1v) is 11.2. The van der Waals surface area contributed by atoms with Crippen molar-refractivity contribution in [3.05, 3.63) is 84.4 Å². The minimum atomic E-state index is -3.85. The number of hydrogen-bond donors (Lipinski definition) is 1. The Labute approximate surface area is 176 Å². The zero-order valence-corrected chi connectivity index (χ0v) is 17.3. The van der Waals surface area contributed by atoms with Gasteiger partial charge in [-0.2, -0.15) is 0 Å². The standard InChI is InChI=1S/C23H22N2O4S/c1-2-17-12-14-18(15-13-17)24-23(26)22-16-25(20-10-6-7-11-21(20)29-22)30(27,28)19-8-4-3-5-9-19/h3-15,22H,2,16H2,1H3,(H,24,26). The number of carbonyl (C=O) groups excluding carboxylic acids is 1. The van der Waals surface area contributed by atoms with Gasteiger partial charge < -0.3 is 10.1 Å². The fourth-order valence-electron chi connectivity index (χ4n) is 3.33. The molecule has 3 aromatic rings. The van der Waals surface area contributed by atoms with Crippen LogP contribution in [0.5, 0.6) is 5.75 Å². The zero-order valence-electron chi connectivity index (χ0n) is 16.5. The van der Waals surface area contributed by atoms with Crippen LogP contribution in [0.25, 0.3) is 0 Å². The number of para-hydroxylation sites is 2. The summed E-state index contributed by atoms with van der Waals surface area (Å²) >= 11 is 0. The fraction of sp³-hybridized carbons (Fsp3) is 0.174. The zero-order chi connectivity index (χ0) is 21.1. The second-order valence-electron chi connectivity index (χ2n) is 6.96. The van der Waals surface area contributed by atoms with Crippen molar-refractivity contribution in [1.82, 2.24) is 0 Å². The number of amides is 1. The van der Waals surface area contributed by atoms with Gasteiger partial charge in [0.25, 0.3) is 15.9 Å². The Morgan fingerprint density at radius 3 is 2.37 bits per heavy atom. The van der Waals surface area contributed by atoms with E-state index < -0.39 is 22.0 Å². The number of fused-ring (bicyclic) bond motifs is 1. The second-order valence-corrected chi connectivity index (χ2v) is 8.83. The van der Waals surface area contributed by atoms with Gasteiger partial charge in [0.15, 0.2) is 6.10 Å². The Bertz CT molecular complexity index is 1150. The van der Waals surface area contributed by atoms with Gasteiger partial charge in [0.1, 0.15) is 5.75 Å². The van der Waals surface area contributed by atoms with Crippen LogP contribution in [0.15, 0.2) is 83.8 Å². The van der Waals surface area contributed by atoms with Gasteiger partial charge in [0.2, 0.25) is 0 Å². The summed E-state index contributed by atoms with van der Waals surface area (Å²) in [5, 5.41) is 2.82. The highest BCUT2D eigenvalue weighted by molar-refractivity contribution is 7.92. The van der Waals surface area contributed by atoms with Gasteiger partial charge in [-0.15, -0.1) is 0 Å². The highest BCUT2D eigenvalue weighted by Gasteiger charge is 2.37. The van der Waals surface area contributed by atoms with Crippen molar-refractivity contribution in [3.8, 4) is 5.75 Å². The lowest BCUT2D eigenvalue weighted by Gasteiger charge is -2.34. The largest absolute Gasteiger partial charge is 0.476 e. The first-order valence-electron chi connectivity index (χ1n) is 9.72. The van der Waals surface area contributed by atoms with E-state index in [1.165, 1.54) is 16.4 Å². The quantitative estimate of drug-likeness (QED) is 0.678. The van der Waals surface area contributed by atoms with Crippen molar-refractivity contribution in [2.75, 3.05) is 16.2 Å². The van der Waals surface area contributed by atoms with E-state index in [0.29, 0.717) is 17.1 Å². The number of anilines is 2. The van der Waals surface area contributed by atoms with Gasteiger partial charge in [0.05, 0.1) is 17.1 Å². The molecule has 154 valence electrons. The van der Waals surface area contributed by atoms with Crippen LogP contribution in [0.4, 0.5) is 11.4 Å². The molecule has 0 saturated carbocycles. The highest BCUT2D eigenvalue weighted by atomic mass is 32.2. The maximum Gasteiger partial charge on any atom is 0.267 e. The Hall–Kier alpha value is -3.32. The molecule has 1 unspecified atom stereocenters. The lowest BCUT2D eigenvalue weighted by molar-refractivity contribution is -0.122. The Kier molecular flexibility index (Phi) is 5.46. The molecular formula is C23H22N2O4S. The summed E-state index contributed by atoms with van der Waals surface area (Å²) in [6, 6.07) is 22.5. The van der Waals surface area contributed by atoms with E-state index in [4.69, 9.17) is 4.74 Å². The summed E-state index contributed by atoms with van der Waals surface area (Å²) in [6.07, 6.45) is -0.0764. The van der Waals surface area contributed by atoms with Crippen LogP contribution in [0, 0.1) is 0 Å².